The number of aromatic nitrogens is 1. The molecule has 116 valence electrons. The van der Waals surface area contributed by atoms with Crippen LogP contribution in [0.25, 0.3) is 0 Å². The smallest absolute Gasteiger partial charge is 0.354 e. The molecule has 0 unspecified atom stereocenters. The largest absolute Gasteiger partial charge is 0.464 e. The quantitative estimate of drug-likeness (QED) is 0.631. The average Bonchev–Trinajstić information content (AvgIpc) is 3.00. The highest BCUT2D eigenvalue weighted by Crippen LogP contribution is 2.16. The van der Waals surface area contributed by atoms with E-state index in [1.165, 1.54) is 7.11 Å². The maximum atomic E-state index is 12.1. The first-order valence-corrected chi connectivity index (χ1v) is 7.51. The zero-order valence-electron chi connectivity index (χ0n) is 12.0. The van der Waals surface area contributed by atoms with Crippen LogP contribution in [0, 0.1) is 0 Å². The molecule has 0 bridgehead atoms. The molecule has 2 heterocycles. The summed E-state index contributed by atoms with van der Waals surface area (Å²) in [5.74, 6) is -0.537. The number of alkyl halides is 1. The van der Waals surface area contributed by atoms with Gasteiger partial charge >= 0.3 is 5.97 Å². The van der Waals surface area contributed by atoms with Crippen LogP contribution < -0.4 is 5.32 Å². The minimum Gasteiger partial charge on any atom is -0.464 e. The fourth-order valence-electron chi connectivity index (χ4n) is 2.56. The van der Waals surface area contributed by atoms with Crippen LogP contribution in [-0.4, -0.2) is 53.9 Å². The molecule has 2 N–H and O–H groups in total. The molecular formula is C14H20ClN3O3. The maximum absolute atomic E-state index is 12.1. The van der Waals surface area contributed by atoms with Crippen LogP contribution in [0.3, 0.4) is 0 Å². The van der Waals surface area contributed by atoms with Crippen molar-refractivity contribution in [3.63, 3.8) is 0 Å². The fraction of sp³-hybridized carbons (Fsp3) is 0.571. The zero-order valence-corrected chi connectivity index (χ0v) is 12.8. The number of halogens is 1. The second-order valence-corrected chi connectivity index (χ2v) is 5.29. The SMILES string of the molecule is COC(=O)c1ccc(CN(C(=O)CCl)C2CCNCC2)[nH]1. The molecule has 21 heavy (non-hydrogen) atoms. The summed E-state index contributed by atoms with van der Waals surface area (Å²) in [6, 6.07) is 3.64. The highest BCUT2D eigenvalue weighted by Gasteiger charge is 2.25. The van der Waals surface area contributed by atoms with E-state index in [2.05, 4.69) is 15.0 Å². The summed E-state index contributed by atoms with van der Waals surface area (Å²) in [6.07, 6.45) is 1.82. The van der Waals surface area contributed by atoms with E-state index in [1.807, 2.05) is 0 Å². The fourth-order valence-corrected chi connectivity index (χ4v) is 2.71. The first kappa shape index (κ1) is 15.9. The highest BCUT2D eigenvalue weighted by atomic mass is 35.5. The number of carbonyl (C=O) groups excluding carboxylic acids is 2. The lowest BCUT2D eigenvalue weighted by molar-refractivity contribution is -0.132. The van der Waals surface area contributed by atoms with Crippen molar-refractivity contribution in [2.45, 2.75) is 25.4 Å². The van der Waals surface area contributed by atoms with Gasteiger partial charge in [-0.05, 0) is 38.1 Å². The molecule has 1 saturated heterocycles. The highest BCUT2D eigenvalue weighted by molar-refractivity contribution is 6.27. The summed E-state index contributed by atoms with van der Waals surface area (Å²) < 4.78 is 4.66. The van der Waals surface area contributed by atoms with Crippen LogP contribution in [0.1, 0.15) is 29.0 Å². The molecule has 0 aliphatic carbocycles. The summed E-state index contributed by atoms with van der Waals surface area (Å²) in [5, 5.41) is 3.28. The van der Waals surface area contributed by atoms with Crippen LogP contribution in [0.5, 0.6) is 0 Å². The number of rotatable bonds is 5. The Balaban J connectivity index is 2.09. The van der Waals surface area contributed by atoms with Gasteiger partial charge < -0.3 is 19.9 Å². The van der Waals surface area contributed by atoms with E-state index in [4.69, 9.17) is 11.6 Å². The van der Waals surface area contributed by atoms with Crippen molar-refractivity contribution in [3.8, 4) is 0 Å². The number of hydrogen-bond donors (Lipinski definition) is 2. The van der Waals surface area contributed by atoms with Gasteiger partial charge in [0.15, 0.2) is 0 Å². The van der Waals surface area contributed by atoms with Gasteiger partial charge in [0.1, 0.15) is 11.6 Å². The van der Waals surface area contributed by atoms with Crippen LogP contribution in [0.4, 0.5) is 0 Å². The molecule has 0 aromatic carbocycles. The van der Waals surface area contributed by atoms with Gasteiger partial charge in [-0.2, -0.15) is 0 Å². The monoisotopic (exact) mass is 313 g/mol. The van der Waals surface area contributed by atoms with E-state index < -0.39 is 5.97 Å². The first-order chi connectivity index (χ1) is 10.2. The third-order valence-corrected chi connectivity index (χ3v) is 3.91. The maximum Gasteiger partial charge on any atom is 0.354 e. The Labute approximate surface area is 128 Å². The summed E-state index contributed by atoms with van der Waals surface area (Å²) in [6.45, 7) is 2.22. The lowest BCUT2D eigenvalue weighted by Gasteiger charge is -2.34. The molecule has 7 heteroatoms. The third-order valence-electron chi connectivity index (χ3n) is 3.68. The van der Waals surface area contributed by atoms with Crippen molar-refractivity contribution in [2.24, 2.45) is 0 Å². The average molecular weight is 314 g/mol. The Bertz CT molecular complexity index is 497. The van der Waals surface area contributed by atoms with Gasteiger partial charge in [0.2, 0.25) is 5.91 Å². The van der Waals surface area contributed by atoms with Crippen LogP contribution in [0.2, 0.25) is 0 Å². The second-order valence-electron chi connectivity index (χ2n) is 5.03. The molecule has 0 radical (unpaired) electrons. The predicted molar refractivity (Wildman–Crippen MR) is 79.3 cm³/mol. The number of piperidine rings is 1. The Morgan fingerprint density at radius 2 is 2.10 bits per heavy atom. The topological polar surface area (TPSA) is 74.4 Å². The lowest BCUT2D eigenvalue weighted by atomic mass is 10.0. The number of aromatic amines is 1. The number of nitrogens with zero attached hydrogens (tertiary/aromatic N) is 1. The molecule has 2 rings (SSSR count). The molecule has 1 fully saturated rings. The van der Waals surface area contributed by atoms with Gasteiger partial charge in [0.05, 0.1) is 13.7 Å². The second kappa shape index (κ2) is 7.47. The predicted octanol–water partition coefficient (Wildman–Crippen LogP) is 1.12. The number of esters is 1. The van der Waals surface area contributed by atoms with Gasteiger partial charge in [-0.1, -0.05) is 0 Å². The third kappa shape index (κ3) is 3.98. The van der Waals surface area contributed by atoms with Gasteiger partial charge in [-0.25, -0.2) is 4.79 Å². The van der Waals surface area contributed by atoms with Crippen LogP contribution in [-0.2, 0) is 16.1 Å². The lowest BCUT2D eigenvalue weighted by Crippen LogP contribution is -2.46. The Morgan fingerprint density at radius 1 is 1.38 bits per heavy atom. The summed E-state index contributed by atoms with van der Waals surface area (Å²) in [5.41, 5.74) is 1.18. The molecule has 6 nitrogen and oxygen atoms in total. The van der Waals surface area contributed by atoms with Gasteiger partial charge in [0, 0.05) is 11.7 Å². The molecule has 1 aliphatic heterocycles. The van der Waals surface area contributed by atoms with Gasteiger partial charge in [-0.15, -0.1) is 11.6 Å². The van der Waals surface area contributed by atoms with Crippen molar-refractivity contribution in [1.29, 1.82) is 0 Å². The van der Waals surface area contributed by atoms with E-state index in [1.54, 1.807) is 17.0 Å². The number of ether oxygens (including phenoxy) is 1. The van der Waals surface area contributed by atoms with Crippen LogP contribution in [0.15, 0.2) is 12.1 Å². The standard InChI is InChI=1S/C14H20ClN3O3/c1-21-14(20)12-3-2-10(17-12)9-18(13(19)8-15)11-4-6-16-7-5-11/h2-3,11,16-17H,4-9H2,1H3. The summed E-state index contributed by atoms with van der Waals surface area (Å²) in [4.78, 5) is 28.3. The van der Waals surface area contributed by atoms with E-state index in [9.17, 15) is 9.59 Å². The van der Waals surface area contributed by atoms with E-state index >= 15 is 0 Å². The molecule has 0 saturated carbocycles. The summed E-state index contributed by atoms with van der Waals surface area (Å²) >= 11 is 5.72. The molecule has 0 atom stereocenters. The van der Waals surface area contributed by atoms with Crippen molar-refractivity contribution < 1.29 is 14.3 Å². The Kier molecular flexibility index (Phi) is 5.64. The van der Waals surface area contributed by atoms with Crippen molar-refractivity contribution in [3.05, 3.63) is 23.5 Å². The number of nitrogens with one attached hydrogen (secondary N) is 2. The van der Waals surface area contributed by atoms with Gasteiger partial charge in [-0.3, -0.25) is 4.79 Å². The Hall–Kier alpha value is -1.53. The van der Waals surface area contributed by atoms with Crippen molar-refractivity contribution >= 4 is 23.5 Å². The van der Waals surface area contributed by atoms with Crippen molar-refractivity contribution in [2.75, 3.05) is 26.1 Å². The minimum atomic E-state index is -0.418. The number of carbonyl (C=O) groups is 2. The number of methoxy groups -OCH3 is 1. The van der Waals surface area contributed by atoms with E-state index in [0.717, 1.165) is 31.6 Å². The number of hydrogen-bond acceptors (Lipinski definition) is 4. The Morgan fingerprint density at radius 3 is 2.71 bits per heavy atom. The van der Waals surface area contributed by atoms with Gasteiger partial charge in [0.25, 0.3) is 0 Å². The molecule has 1 aromatic rings. The molecular weight excluding hydrogens is 294 g/mol. The number of amides is 1. The molecule has 1 aromatic heterocycles. The van der Waals surface area contributed by atoms with E-state index in [-0.39, 0.29) is 17.8 Å². The van der Waals surface area contributed by atoms with E-state index in [0.29, 0.717) is 12.2 Å². The normalized spacial score (nSPS) is 15.7. The molecule has 0 spiro atoms. The molecule has 1 aliphatic rings. The van der Waals surface area contributed by atoms with Crippen molar-refractivity contribution in [1.82, 2.24) is 15.2 Å². The first-order valence-electron chi connectivity index (χ1n) is 6.98. The number of H-pyrrole nitrogens is 1. The zero-order chi connectivity index (χ0) is 15.2. The summed E-state index contributed by atoms with van der Waals surface area (Å²) in [7, 11) is 1.33. The molecule has 1 amide bonds. The minimum absolute atomic E-state index is 0.0332. The van der Waals surface area contributed by atoms with Crippen LogP contribution >= 0.6 is 11.6 Å².